The number of fused-ring (bicyclic) bond motifs is 1. The van der Waals surface area contributed by atoms with Crippen molar-refractivity contribution in [2.24, 2.45) is 0 Å². The summed E-state index contributed by atoms with van der Waals surface area (Å²) in [7, 11) is 0. The Balaban J connectivity index is 1.81. The van der Waals surface area contributed by atoms with Crippen molar-refractivity contribution < 1.29 is 14.3 Å². The van der Waals surface area contributed by atoms with E-state index in [1.807, 2.05) is 6.92 Å². The van der Waals surface area contributed by atoms with Crippen molar-refractivity contribution in [2.75, 3.05) is 0 Å². The molecule has 4 rings (SSSR count). The molecular formula is C24H24O4. The molecule has 0 saturated heterocycles. The second-order valence-electron chi connectivity index (χ2n) is 7.85. The summed E-state index contributed by atoms with van der Waals surface area (Å²) >= 11 is 0. The lowest BCUT2D eigenvalue weighted by Crippen LogP contribution is -2.13. The zero-order valence-corrected chi connectivity index (χ0v) is 16.4. The maximum Gasteiger partial charge on any atom is 0.335 e. The minimum absolute atomic E-state index is 0.0903. The first-order valence-electron chi connectivity index (χ1n) is 9.80. The second kappa shape index (κ2) is 6.93. The van der Waals surface area contributed by atoms with Gasteiger partial charge in [-0.25, -0.2) is 4.79 Å². The Labute approximate surface area is 163 Å². The molecule has 0 bridgehead atoms. The highest BCUT2D eigenvalue weighted by atomic mass is 16.4. The summed E-state index contributed by atoms with van der Waals surface area (Å²) in [5, 5.41) is 9.59. The van der Waals surface area contributed by atoms with Crippen LogP contribution in [-0.4, -0.2) is 11.1 Å². The van der Waals surface area contributed by atoms with Crippen molar-refractivity contribution in [3.63, 3.8) is 0 Å². The Hall–Kier alpha value is -2.88. The normalized spacial score (nSPS) is 18.4. The highest BCUT2D eigenvalue weighted by molar-refractivity contribution is 5.92. The highest BCUT2D eigenvalue weighted by Crippen LogP contribution is 2.56. The molecule has 2 atom stereocenters. The molecule has 1 aliphatic carbocycles. The van der Waals surface area contributed by atoms with Crippen molar-refractivity contribution in [3.8, 4) is 0 Å². The number of carbonyl (C=O) groups is 1. The molecule has 2 aromatic carbocycles. The van der Waals surface area contributed by atoms with Gasteiger partial charge in [0, 0.05) is 11.5 Å². The minimum atomic E-state index is -1.04. The summed E-state index contributed by atoms with van der Waals surface area (Å²) in [5.74, 6) is 0.321. The molecule has 3 aromatic rings. The van der Waals surface area contributed by atoms with Crippen molar-refractivity contribution in [3.05, 3.63) is 80.2 Å². The predicted molar refractivity (Wildman–Crippen MR) is 109 cm³/mol. The molecule has 1 fully saturated rings. The second-order valence-corrected chi connectivity index (χ2v) is 7.85. The van der Waals surface area contributed by atoms with Gasteiger partial charge >= 0.3 is 5.97 Å². The van der Waals surface area contributed by atoms with E-state index in [0.29, 0.717) is 28.9 Å². The van der Waals surface area contributed by atoms with Crippen LogP contribution in [0, 0.1) is 13.8 Å². The molecule has 0 amide bonds. The third-order valence-electron chi connectivity index (χ3n) is 5.71. The lowest BCUT2D eigenvalue weighted by atomic mass is 9.97. The summed E-state index contributed by atoms with van der Waals surface area (Å²) in [6.45, 7) is 6.26. The van der Waals surface area contributed by atoms with Gasteiger partial charge in [-0.15, -0.1) is 0 Å². The van der Waals surface area contributed by atoms with E-state index in [9.17, 15) is 14.7 Å². The van der Waals surface area contributed by atoms with Crippen LogP contribution in [0.1, 0.15) is 70.0 Å². The zero-order chi connectivity index (χ0) is 20.0. The maximum absolute atomic E-state index is 13.1. The van der Waals surface area contributed by atoms with Crippen molar-refractivity contribution in [2.45, 2.75) is 51.9 Å². The summed E-state index contributed by atoms with van der Waals surface area (Å²) in [6.07, 6.45) is 2.45. The average Bonchev–Trinajstić information content (AvgIpc) is 3.44. The summed E-state index contributed by atoms with van der Waals surface area (Å²) < 4.78 is 6.21. The molecule has 0 aliphatic heterocycles. The van der Waals surface area contributed by atoms with Gasteiger partial charge in [0.1, 0.15) is 11.3 Å². The Bertz CT molecular complexity index is 1140. The SMILES string of the molecule is CCCc1c(C2CC2c2ccc(C)cc2C)oc2ccc(C(=O)O)cc2c1=O. The van der Waals surface area contributed by atoms with Crippen molar-refractivity contribution in [1.29, 1.82) is 0 Å². The summed E-state index contributed by atoms with van der Waals surface area (Å²) in [4.78, 5) is 24.4. The molecule has 0 radical (unpaired) electrons. The molecular weight excluding hydrogens is 352 g/mol. The van der Waals surface area contributed by atoms with E-state index >= 15 is 0 Å². The summed E-state index contributed by atoms with van der Waals surface area (Å²) in [5.41, 5.74) is 5.03. The van der Waals surface area contributed by atoms with Gasteiger partial charge in [-0.05, 0) is 61.9 Å². The largest absolute Gasteiger partial charge is 0.478 e. The molecule has 1 heterocycles. The highest BCUT2D eigenvalue weighted by Gasteiger charge is 2.44. The minimum Gasteiger partial charge on any atom is -0.478 e. The van der Waals surface area contributed by atoms with Gasteiger partial charge < -0.3 is 9.52 Å². The first-order valence-corrected chi connectivity index (χ1v) is 9.80. The van der Waals surface area contributed by atoms with Crippen LogP contribution in [0.15, 0.2) is 45.6 Å². The van der Waals surface area contributed by atoms with Gasteiger partial charge in [-0.1, -0.05) is 37.1 Å². The van der Waals surface area contributed by atoms with Crippen LogP contribution >= 0.6 is 0 Å². The van der Waals surface area contributed by atoms with Gasteiger partial charge in [0.25, 0.3) is 0 Å². The van der Waals surface area contributed by atoms with Gasteiger partial charge in [-0.3, -0.25) is 4.79 Å². The van der Waals surface area contributed by atoms with Crippen LogP contribution < -0.4 is 5.43 Å². The topological polar surface area (TPSA) is 67.5 Å². The van der Waals surface area contributed by atoms with E-state index in [4.69, 9.17) is 4.42 Å². The van der Waals surface area contributed by atoms with E-state index in [1.165, 1.54) is 28.8 Å². The fraction of sp³-hybridized carbons (Fsp3) is 0.333. The number of aryl methyl sites for hydroxylation is 2. The molecule has 0 spiro atoms. The fourth-order valence-corrected chi connectivity index (χ4v) is 4.24. The average molecular weight is 376 g/mol. The Kier molecular flexibility index (Phi) is 4.58. The van der Waals surface area contributed by atoms with Crippen molar-refractivity contribution in [1.82, 2.24) is 0 Å². The lowest BCUT2D eigenvalue weighted by Gasteiger charge is -2.11. The fourth-order valence-electron chi connectivity index (χ4n) is 4.24. The first kappa shape index (κ1) is 18.5. The quantitative estimate of drug-likeness (QED) is 0.653. The van der Waals surface area contributed by atoms with E-state index in [2.05, 4.69) is 32.0 Å². The number of rotatable bonds is 5. The van der Waals surface area contributed by atoms with Crippen LogP contribution in [0.2, 0.25) is 0 Å². The van der Waals surface area contributed by atoms with Gasteiger partial charge in [-0.2, -0.15) is 0 Å². The standard InChI is InChI=1S/C24H24O4/c1-4-5-17-22(25)20-11-15(24(26)27)7-9-21(20)28-23(17)19-12-18(19)16-8-6-13(2)10-14(16)3/h6-11,18-19H,4-5,12H2,1-3H3,(H,26,27). The van der Waals surface area contributed by atoms with E-state index in [1.54, 1.807) is 6.07 Å². The number of carboxylic acid groups (broad SMARTS) is 1. The number of hydrogen-bond acceptors (Lipinski definition) is 3. The first-order chi connectivity index (χ1) is 13.4. The Morgan fingerprint density at radius 3 is 2.61 bits per heavy atom. The molecule has 1 N–H and O–H groups in total. The van der Waals surface area contributed by atoms with Crippen LogP contribution in [0.3, 0.4) is 0 Å². The smallest absolute Gasteiger partial charge is 0.335 e. The van der Waals surface area contributed by atoms with Gasteiger partial charge in [0.2, 0.25) is 0 Å². The van der Waals surface area contributed by atoms with Crippen LogP contribution in [0.25, 0.3) is 11.0 Å². The molecule has 28 heavy (non-hydrogen) atoms. The molecule has 2 unspecified atom stereocenters. The third kappa shape index (κ3) is 3.13. The van der Waals surface area contributed by atoms with Crippen LogP contribution in [-0.2, 0) is 6.42 Å². The van der Waals surface area contributed by atoms with Gasteiger partial charge in [0.15, 0.2) is 5.43 Å². The maximum atomic E-state index is 13.1. The number of benzene rings is 2. The molecule has 4 heteroatoms. The Morgan fingerprint density at radius 2 is 1.93 bits per heavy atom. The summed E-state index contributed by atoms with van der Waals surface area (Å²) in [6, 6.07) is 11.0. The Morgan fingerprint density at radius 1 is 1.14 bits per heavy atom. The van der Waals surface area contributed by atoms with E-state index < -0.39 is 5.97 Å². The third-order valence-corrected chi connectivity index (χ3v) is 5.71. The van der Waals surface area contributed by atoms with Crippen molar-refractivity contribution >= 4 is 16.9 Å². The zero-order valence-electron chi connectivity index (χ0n) is 16.4. The number of hydrogen-bond donors (Lipinski definition) is 1. The van der Waals surface area contributed by atoms with E-state index in [-0.39, 0.29) is 16.9 Å². The van der Waals surface area contributed by atoms with Crippen LogP contribution in [0.4, 0.5) is 0 Å². The number of aromatic carboxylic acids is 1. The van der Waals surface area contributed by atoms with Crippen LogP contribution in [0.5, 0.6) is 0 Å². The molecule has 4 nitrogen and oxygen atoms in total. The van der Waals surface area contributed by atoms with Gasteiger partial charge in [0.05, 0.1) is 10.9 Å². The lowest BCUT2D eigenvalue weighted by molar-refractivity contribution is 0.0697. The molecule has 144 valence electrons. The number of carboxylic acids is 1. The molecule has 1 aromatic heterocycles. The molecule has 1 saturated carbocycles. The van der Waals surface area contributed by atoms with E-state index in [0.717, 1.165) is 18.6 Å². The predicted octanol–water partition coefficient (Wildman–Crippen LogP) is 5.33. The monoisotopic (exact) mass is 376 g/mol. The molecule has 1 aliphatic rings.